The second-order valence-electron chi connectivity index (χ2n) is 7.64. The number of nitrogens with zero attached hydrogens (tertiary/aromatic N) is 2. The summed E-state index contributed by atoms with van der Waals surface area (Å²) in [4.78, 5) is 45.5. The number of carbonyl (C=O) groups is 3. The molecule has 1 aromatic heterocycles. The third-order valence-corrected chi connectivity index (χ3v) is 6.25. The second-order valence-corrected chi connectivity index (χ2v) is 9.28. The predicted molar refractivity (Wildman–Crippen MR) is 121 cm³/mol. The predicted octanol–water partition coefficient (Wildman–Crippen LogP) is 5.03. The maximum absolute atomic E-state index is 13.2. The summed E-state index contributed by atoms with van der Waals surface area (Å²) in [7, 11) is 0. The molecule has 1 aliphatic rings. The van der Waals surface area contributed by atoms with Gasteiger partial charge in [-0.15, -0.1) is 11.3 Å². The lowest BCUT2D eigenvalue weighted by Gasteiger charge is -2.27. The van der Waals surface area contributed by atoms with Crippen molar-refractivity contribution in [2.24, 2.45) is 5.92 Å². The van der Waals surface area contributed by atoms with Crippen LogP contribution in [-0.4, -0.2) is 33.6 Å². The van der Waals surface area contributed by atoms with Crippen LogP contribution < -0.4 is 5.32 Å². The van der Waals surface area contributed by atoms with Crippen molar-refractivity contribution in [3.05, 3.63) is 69.6 Å². The molecule has 6 nitrogen and oxygen atoms in total. The molecule has 158 valence electrons. The Morgan fingerprint density at radius 3 is 2.29 bits per heavy atom. The van der Waals surface area contributed by atoms with Gasteiger partial charge in [-0.1, -0.05) is 49.7 Å². The van der Waals surface area contributed by atoms with E-state index in [9.17, 15) is 14.4 Å². The smallest absolute Gasteiger partial charge is 0.262 e. The first kappa shape index (κ1) is 21.2. The molecule has 4 rings (SSSR count). The van der Waals surface area contributed by atoms with Crippen LogP contribution in [0.4, 0.5) is 5.13 Å². The fourth-order valence-electron chi connectivity index (χ4n) is 3.71. The van der Waals surface area contributed by atoms with Crippen LogP contribution in [0.1, 0.15) is 39.4 Å². The molecule has 0 radical (unpaired) electrons. The minimum atomic E-state index is -0.953. The van der Waals surface area contributed by atoms with E-state index >= 15 is 0 Å². The maximum atomic E-state index is 13.2. The summed E-state index contributed by atoms with van der Waals surface area (Å²) >= 11 is 7.42. The largest absolute Gasteiger partial charge is 0.300 e. The lowest BCUT2D eigenvalue weighted by Crippen LogP contribution is -2.50. The number of aryl methyl sites for hydroxylation is 1. The van der Waals surface area contributed by atoms with Crippen molar-refractivity contribution in [2.75, 3.05) is 5.32 Å². The molecule has 0 saturated heterocycles. The van der Waals surface area contributed by atoms with E-state index in [1.165, 1.54) is 11.3 Å². The first-order chi connectivity index (χ1) is 14.8. The zero-order valence-corrected chi connectivity index (χ0v) is 18.8. The summed E-state index contributed by atoms with van der Waals surface area (Å²) in [6, 6.07) is 13.0. The number of halogens is 1. The molecule has 1 unspecified atom stereocenters. The summed E-state index contributed by atoms with van der Waals surface area (Å²) in [6.07, 6.45) is 0. The number of aromatic nitrogens is 1. The van der Waals surface area contributed by atoms with Gasteiger partial charge in [-0.3, -0.25) is 19.3 Å². The molecule has 0 saturated carbocycles. The molecule has 3 aromatic rings. The minimum Gasteiger partial charge on any atom is -0.300 e. The first-order valence-electron chi connectivity index (χ1n) is 9.79. The minimum absolute atomic E-state index is 0.282. The van der Waals surface area contributed by atoms with Gasteiger partial charge in [0.15, 0.2) is 5.13 Å². The van der Waals surface area contributed by atoms with Crippen LogP contribution in [0.15, 0.2) is 48.5 Å². The molecule has 0 aliphatic carbocycles. The van der Waals surface area contributed by atoms with Gasteiger partial charge in [-0.2, -0.15) is 0 Å². The van der Waals surface area contributed by atoms with Crippen molar-refractivity contribution < 1.29 is 14.4 Å². The quantitative estimate of drug-likeness (QED) is 0.549. The average molecular weight is 454 g/mol. The molecular weight excluding hydrogens is 434 g/mol. The number of thiazole rings is 1. The number of fused-ring (bicyclic) bond motifs is 1. The van der Waals surface area contributed by atoms with Crippen molar-refractivity contribution in [1.82, 2.24) is 9.88 Å². The molecule has 31 heavy (non-hydrogen) atoms. The number of nitrogens with one attached hydrogen (secondary N) is 1. The van der Waals surface area contributed by atoms with Gasteiger partial charge in [-0.25, -0.2) is 4.98 Å². The Kier molecular flexibility index (Phi) is 5.64. The summed E-state index contributed by atoms with van der Waals surface area (Å²) in [5, 5.41) is 3.80. The number of hydrogen-bond donors (Lipinski definition) is 1. The fraction of sp³-hybridized carbons (Fsp3) is 0.217. The third kappa shape index (κ3) is 3.86. The number of amides is 3. The molecule has 0 spiro atoms. The zero-order valence-electron chi connectivity index (χ0n) is 17.2. The highest BCUT2D eigenvalue weighted by atomic mass is 35.5. The van der Waals surface area contributed by atoms with E-state index in [2.05, 4.69) is 10.3 Å². The van der Waals surface area contributed by atoms with E-state index in [0.29, 0.717) is 21.3 Å². The van der Waals surface area contributed by atoms with Crippen LogP contribution in [0.25, 0.3) is 11.3 Å². The maximum Gasteiger partial charge on any atom is 0.262 e. The van der Waals surface area contributed by atoms with Crippen LogP contribution in [0.2, 0.25) is 5.02 Å². The highest BCUT2D eigenvalue weighted by Gasteiger charge is 2.44. The van der Waals surface area contributed by atoms with E-state index in [4.69, 9.17) is 11.6 Å². The summed E-state index contributed by atoms with van der Waals surface area (Å²) in [5.74, 6) is -1.64. The Bertz CT molecular complexity index is 1170. The van der Waals surface area contributed by atoms with Crippen LogP contribution in [-0.2, 0) is 4.79 Å². The van der Waals surface area contributed by atoms with Gasteiger partial charge < -0.3 is 5.32 Å². The van der Waals surface area contributed by atoms with Crippen molar-refractivity contribution in [3.8, 4) is 11.3 Å². The Morgan fingerprint density at radius 2 is 1.71 bits per heavy atom. The first-order valence-corrected chi connectivity index (χ1v) is 11.0. The topological polar surface area (TPSA) is 79.4 Å². The molecule has 0 bridgehead atoms. The van der Waals surface area contributed by atoms with Crippen molar-refractivity contribution in [3.63, 3.8) is 0 Å². The lowest BCUT2D eigenvalue weighted by molar-refractivity contribution is -0.121. The van der Waals surface area contributed by atoms with Crippen molar-refractivity contribution >= 4 is 45.8 Å². The number of hydrogen-bond acceptors (Lipinski definition) is 5. The van der Waals surface area contributed by atoms with E-state index in [-0.39, 0.29) is 5.92 Å². The molecule has 3 amide bonds. The molecule has 1 atom stereocenters. The molecule has 1 aliphatic heterocycles. The highest BCUT2D eigenvalue weighted by Crippen LogP contribution is 2.33. The van der Waals surface area contributed by atoms with E-state index < -0.39 is 23.8 Å². The second kappa shape index (κ2) is 8.24. The van der Waals surface area contributed by atoms with Gasteiger partial charge in [0.1, 0.15) is 6.04 Å². The van der Waals surface area contributed by atoms with Crippen LogP contribution in [0, 0.1) is 12.8 Å². The number of imide groups is 1. The molecule has 2 heterocycles. The fourth-order valence-corrected chi connectivity index (χ4v) is 4.74. The van der Waals surface area contributed by atoms with Gasteiger partial charge in [0, 0.05) is 15.5 Å². The number of rotatable bonds is 5. The number of anilines is 1. The number of carbonyl (C=O) groups excluding carboxylic acids is 3. The van der Waals surface area contributed by atoms with E-state index in [0.717, 1.165) is 21.0 Å². The van der Waals surface area contributed by atoms with Gasteiger partial charge >= 0.3 is 0 Å². The SMILES string of the molecule is Cc1sc(NC(=O)C(C(C)C)N2C(=O)c3ccccc3C2=O)nc1-c1cccc(Cl)c1. The molecular formula is C23H20ClN3O3S. The van der Waals surface area contributed by atoms with Gasteiger partial charge in [0.25, 0.3) is 11.8 Å². The van der Waals surface area contributed by atoms with Crippen LogP contribution >= 0.6 is 22.9 Å². The van der Waals surface area contributed by atoms with Crippen LogP contribution in [0.5, 0.6) is 0 Å². The summed E-state index contributed by atoms with van der Waals surface area (Å²) in [6.45, 7) is 5.52. The Balaban J connectivity index is 1.61. The normalized spacial score (nSPS) is 14.2. The molecule has 1 N–H and O–H groups in total. The monoisotopic (exact) mass is 453 g/mol. The Labute approximate surface area is 188 Å². The standard InChI is InChI=1S/C23H20ClN3O3S/c1-12(2)19(27-21(29)16-9-4-5-10-17(16)22(27)30)20(28)26-23-25-18(13(3)31-23)14-7-6-8-15(24)11-14/h4-12,19H,1-3H3,(H,25,26,28). The van der Waals surface area contributed by atoms with E-state index in [1.54, 1.807) is 44.2 Å². The molecule has 0 fully saturated rings. The zero-order chi connectivity index (χ0) is 22.3. The summed E-state index contributed by atoms with van der Waals surface area (Å²) in [5.41, 5.74) is 2.21. The Morgan fingerprint density at radius 1 is 1.06 bits per heavy atom. The third-order valence-electron chi connectivity index (χ3n) is 5.13. The van der Waals surface area contributed by atoms with Gasteiger partial charge in [-0.05, 0) is 37.1 Å². The Hall–Kier alpha value is -3.03. The van der Waals surface area contributed by atoms with Crippen molar-refractivity contribution in [2.45, 2.75) is 26.8 Å². The average Bonchev–Trinajstić information content (AvgIpc) is 3.21. The van der Waals surface area contributed by atoms with Gasteiger partial charge in [0.2, 0.25) is 5.91 Å². The van der Waals surface area contributed by atoms with E-state index in [1.807, 2.05) is 25.1 Å². The van der Waals surface area contributed by atoms with Crippen LogP contribution in [0.3, 0.4) is 0 Å². The van der Waals surface area contributed by atoms with Gasteiger partial charge in [0.05, 0.1) is 16.8 Å². The molecule has 8 heteroatoms. The summed E-state index contributed by atoms with van der Waals surface area (Å²) < 4.78 is 0. The number of benzene rings is 2. The molecule has 2 aromatic carbocycles. The van der Waals surface area contributed by atoms with Crippen molar-refractivity contribution in [1.29, 1.82) is 0 Å². The highest BCUT2D eigenvalue weighted by molar-refractivity contribution is 7.16. The lowest BCUT2D eigenvalue weighted by atomic mass is 10.0.